The third-order valence-corrected chi connectivity index (χ3v) is 4.26. The quantitative estimate of drug-likeness (QED) is 0.408. The van der Waals surface area contributed by atoms with Crippen molar-refractivity contribution in [2.24, 2.45) is 4.99 Å². The minimum Gasteiger partial charge on any atom is -0.497 e. The molecule has 1 aromatic carbocycles. The number of rotatable bonds is 7. The Morgan fingerprint density at radius 3 is 2.38 bits per heavy atom. The lowest BCUT2D eigenvalue weighted by Gasteiger charge is -2.37. The van der Waals surface area contributed by atoms with Crippen LogP contribution in [0.3, 0.4) is 0 Å². The molecule has 8 nitrogen and oxygen atoms in total. The Kier molecular flexibility index (Phi) is 8.01. The Morgan fingerprint density at radius 2 is 1.81 bits per heavy atom. The molecular weight excluding hydrogens is 334 g/mol. The molecule has 2 rings (SSSR count). The van der Waals surface area contributed by atoms with Crippen molar-refractivity contribution in [3.05, 3.63) is 24.3 Å². The Hall–Kier alpha value is -2.48. The summed E-state index contributed by atoms with van der Waals surface area (Å²) in [5.41, 5.74) is 1.19. The number of ether oxygens (including phenoxy) is 2. The van der Waals surface area contributed by atoms with Crippen molar-refractivity contribution in [2.45, 2.75) is 0 Å². The van der Waals surface area contributed by atoms with Crippen LogP contribution in [-0.4, -0.2) is 83.9 Å². The minimum atomic E-state index is -0.0694. The maximum atomic E-state index is 11.8. The summed E-state index contributed by atoms with van der Waals surface area (Å²) in [6.07, 6.45) is 0. The lowest BCUT2D eigenvalue weighted by molar-refractivity contribution is -0.120. The van der Waals surface area contributed by atoms with E-state index in [0.29, 0.717) is 13.2 Å². The summed E-state index contributed by atoms with van der Waals surface area (Å²) in [5, 5.41) is 5.91. The van der Waals surface area contributed by atoms with Crippen LogP contribution in [0, 0.1) is 0 Å². The van der Waals surface area contributed by atoms with Gasteiger partial charge >= 0.3 is 0 Å². The molecule has 0 spiro atoms. The van der Waals surface area contributed by atoms with Crippen LogP contribution in [0.5, 0.6) is 5.75 Å². The van der Waals surface area contributed by atoms with E-state index < -0.39 is 0 Å². The molecule has 1 heterocycles. The van der Waals surface area contributed by atoms with Gasteiger partial charge in [-0.05, 0) is 24.3 Å². The van der Waals surface area contributed by atoms with E-state index in [9.17, 15) is 4.79 Å². The van der Waals surface area contributed by atoms with Gasteiger partial charge in [-0.3, -0.25) is 9.79 Å². The number of guanidine groups is 1. The van der Waals surface area contributed by atoms with Gasteiger partial charge in [0.15, 0.2) is 5.96 Å². The number of methoxy groups -OCH3 is 2. The van der Waals surface area contributed by atoms with Crippen LogP contribution in [-0.2, 0) is 9.53 Å². The molecule has 0 radical (unpaired) electrons. The summed E-state index contributed by atoms with van der Waals surface area (Å²) in [6, 6.07) is 8.10. The molecule has 1 aromatic rings. The van der Waals surface area contributed by atoms with Gasteiger partial charge in [-0.1, -0.05) is 0 Å². The fraction of sp³-hybridized carbons (Fsp3) is 0.556. The number of carbonyl (C=O) groups is 1. The summed E-state index contributed by atoms with van der Waals surface area (Å²) in [6.45, 7) is 4.70. The molecule has 8 heteroatoms. The fourth-order valence-corrected chi connectivity index (χ4v) is 2.82. The van der Waals surface area contributed by atoms with Gasteiger partial charge in [-0.15, -0.1) is 0 Å². The SMILES string of the molecule is CN=C(NCC(=O)NCCOC)N1CCN(c2ccc(OC)cc2)CC1. The molecule has 0 aromatic heterocycles. The Bertz CT molecular complexity index is 583. The van der Waals surface area contributed by atoms with Crippen molar-refractivity contribution in [2.75, 3.05) is 72.0 Å². The zero-order valence-corrected chi connectivity index (χ0v) is 15.8. The van der Waals surface area contributed by atoms with Gasteiger partial charge < -0.3 is 29.9 Å². The highest BCUT2D eigenvalue weighted by Crippen LogP contribution is 2.20. The van der Waals surface area contributed by atoms with Crippen molar-refractivity contribution < 1.29 is 14.3 Å². The van der Waals surface area contributed by atoms with Crippen LogP contribution < -0.4 is 20.3 Å². The molecule has 0 aliphatic carbocycles. The van der Waals surface area contributed by atoms with Crippen LogP contribution in [0.1, 0.15) is 0 Å². The average molecular weight is 363 g/mol. The van der Waals surface area contributed by atoms with Gasteiger partial charge in [0, 0.05) is 52.6 Å². The third-order valence-electron chi connectivity index (χ3n) is 4.26. The second-order valence-corrected chi connectivity index (χ2v) is 5.92. The molecule has 2 N–H and O–H groups in total. The third kappa shape index (κ3) is 5.80. The van der Waals surface area contributed by atoms with Crippen LogP contribution in [0.2, 0.25) is 0 Å². The minimum absolute atomic E-state index is 0.0694. The number of piperazine rings is 1. The number of nitrogens with one attached hydrogen (secondary N) is 2. The topological polar surface area (TPSA) is 78.4 Å². The number of amides is 1. The zero-order chi connectivity index (χ0) is 18.8. The van der Waals surface area contributed by atoms with Crippen molar-refractivity contribution in [3.63, 3.8) is 0 Å². The van der Waals surface area contributed by atoms with Crippen molar-refractivity contribution in [1.29, 1.82) is 0 Å². The van der Waals surface area contributed by atoms with Gasteiger partial charge in [-0.2, -0.15) is 0 Å². The molecule has 0 atom stereocenters. The maximum Gasteiger partial charge on any atom is 0.239 e. The summed E-state index contributed by atoms with van der Waals surface area (Å²) >= 11 is 0. The monoisotopic (exact) mass is 363 g/mol. The Labute approximate surface area is 155 Å². The van der Waals surface area contributed by atoms with Crippen LogP contribution in [0.15, 0.2) is 29.3 Å². The second kappa shape index (κ2) is 10.5. The normalized spacial score (nSPS) is 15.0. The van der Waals surface area contributed by atoms with E-state index in [1.54, 1.807) is 21.3 Å². The van der Waals surface area contributed by atoms with E-state index in [1.807, 2.05) is 12.1 Å². The van der Waals surface area contributed by atoms with Crippen LogP contribution >= 0.6 is 0 Å². The smallest absolute Gasteiger partial charge is 0.239 e. The van der Waals surface area contributed by atoms with Crippen LogP contribution in [0.4, 0.5) is 5.69 Å². The molecule has 0 unspecified atom stereocenters. The van der Waals surface area contributed by atoms with Gasteiger partial charge in [-0.25, -0.2) is 0 Å². The molecule has 0 bridgehead atoms. The van der Waals surface area contributed by atoms with Gasteiger partial charge in [0.25, 0.3) is 0 Å². The largest absolute Gasteiger partial charge is 0.497 e. The van der Waals surface area contributed by atoms with Crippen molar-refractivity contribution in [3.8, 4) is 5.75 Å². The molecule has 1 amide bonds. The lowest BCUT2D eigenvalue weighted by Crippen LogP contribution is -2.53. The second-order valence-electron chi connectivity index (χ2n) is 5.92. The number of benzene rings is 1. The maximum absolute atomic E-state index is 11.8. The van der Waals surface area contributed by atoms with E-state index in [4.69, 9.17) is 9.47 Å². The molecule has 1 fully saturated rings. The number of aliphatic imine (C=N–C) groups is 1. The first-order valence-electron chi connectivity index (χ1n) is 8.78. The van der Waals surface area contributed by atoms with E-state index in [2.05, 4.69) is 37.6 Å². The standard InChI is InChI=1S/C18H29N5O3/c1-19-18(21-14-17(24)20-8-13-25-2)23-11-9-22(10-12-23)15-4-6-16(26-3)7-5-15/h4-7H,8-14H2,1-3H3,(H,19,21)(H,20,24). The average Bonchev–Trinajstić information content (AvgIpc) is 2.69. The van der Waals surface area contributed by atoms with Crippen LogP contribution in [0.25, 0.3) is 0 Å². The lowest BCUT2D eigenvalue weighted by atomic mass is 10.2. The molecule has 26 heavy (non-hydrogen) atoms. The number of hydrogen-bond acceptors (Lipinski definition) is 5. The van der Waals surface area contributed by atoms with E-state index in [0.717, 1.165) is 37.9 Å². The Morgan fingerprint density at radius 1 is 1.12 bits per heavy atom. The first-order chi connectivity index (χ1) is 12.7. The molecule has 1 aliphatic heterocycles. The highest BCUT2D eigenvalue weighted by Gasteiger charge is 2.20. The van der Waals surface area contributed by atoms with E-state index >= 15 is 0 Å². The number of anilines is 1. The molecule has 0 saturated carbocycles. The van der Waals surface area contributed by atoms with Gasteiger partial charge in [0.2, 0.25) is 5.91 Å². The van der Waals surface area contributed by atoms with Gasteiger partial charge in [0.1, 0.15) is 5.75 Å². The highest BCUT2D eigenvalue weighted by molar-refractivity contribution is 5.86. The van der Waals surface area contributed by atoms with Gasteiger partial charge in [0.05, 0.1) is 20.3 Å². The number of carbonyl (C=O) groups excluding carboxylic acids is 1. The summed E-state index contributed by atoms with van der Waals surface area (Å²) in [5.74, 6) is 1.54. The highest BCUT2D eigenvalue weighted by atomic mass is 16.5. The summed E-state index contributed by atoms with van der Waals surface area (Å²) in [7, 11) is 5.02. The van der Waals surface area contributed by atoms with E-state index in [-0.39, 0.29) is 12.5 Å². The molecule has 144 valence electrons. The molecule has 1 aliphatic rings. The molecular formula is C18H29N5O3. The number of hydrogen-bond donors (Lipinski definition) is 2. The predicted octanol–water partition coefficient (Wildman–Crippen LogP) is 0.155. The van der Waals surface area contributed by atoms with E-state index in [1.165, 1.54) is 5.69 Å². The first-order valence-corrected chi connectivity index (χ1v) is 8.78. The number of nitrogens with zero attached hydrogens (tertiary/aromatic N) is 3. The summed E-state index contributed by atoms with van der Waals surface area (Å²) in [4.78, 5) is 20.6. The fourth-order valence-electron chi connectivity index (χ4n) is 2.82. The zero-order valence-electron chi connectivity index (χ0n) is 15.8. The predicted molar refractivity (Wildman–Crippen MR) is 103 cm³/mol. The van der Waals surface area contributed by atoms with Crippen molar-refractivity contribution in [1.82, 2.24) is 15.5 Å². The summed E-state index contributed by atoms with van der Waals surface area (Å²) < 4.78 is 10.1. The Balaban J connectivity index is 1.78. The first kappa shape index (κ1) is 19.8. The molecule has 1 saturated heterocycles. The van der Waals surface area contributed by atoms with Crippen molar-refractivity contribution >= 4 is 17.6 Å².